The van der Waals surface area contributed by atoms with Crippen LogP contribution in [0.3, 0.4) is 0 Å². The van der Waals surface area contributed by atoms with E-state index in [2.05, 4.69) is 4.99 Å². The molecule has 22 heavy (non-hydrogen) atoms. The van der Waals surface area contributed by atoms with Gasteiger partial charge in [-0.25, -0.2) is 0 Å². The quantitative estimate of drug-likeness (QED) is 0.729. The van der Waals surface area contributed by atoms with Crippen molar-refractivity contribution in [3.63, 3.8) is 0 Å². The first-order valence-corrected chi connectivity index (χ1v) is 7.70. The number of aromatic nitrogens is 1. The highest BCUT2D eigenvalue weighted by Gasteiger charge is 2.10. The SMILES string of the molecule is COc1cccc2sc(=NC(=O)c3cccc(C)c3)n(C)c12. The summed E-state index contributed by atoms with van der Waals surface area (Å²) in [5, 5.41) is 0. The molecule has 0 radical (unpaired) electrons. The summed E-state index contributed by atoms with van der Waals surface area (Å²) >= 11 is 1.48. The predicted molar refractivity (Wildman–Crippen MR) is 88.4 cm³/mol. The van der Waals surface area contributed by atoms with Crippen LogP contribution < -0.4 is 9.54 Å². The van der Waals surface area contributed by atoms with Crippen molar-refractivity contribution in [2.24, 2.45) is 12.0 Å². The van der Waals surface area contributed by atoms with E-state index in [1.165, 1.54) is 11.3 Å². The number of nitrogens with zero attached hydrogens (tertiary/aromatic N) is 2. The van der Waals surface area contributed by atoms with E-state index in [9.17, 15) is 4.79 Å². The normalized spacial score (nSPS) is 11.9. The van der Waals surface area contributed by atoms with Gasteiger partial charge >= 0.3 is 0 Å². The van der Waals surface area contributed by atoms with Gasteiger partial charge in [-0.05, 0) is 31.2 Å². The first-order chi connectivity index (χ1) is 10.6. The fourth-order valence-corrected chi connectivity index (χ4v) is 3.40. The van der Waals surface area contributed by atoms with Crippen LogP contribution in [0.2, 0.25) is 0 Å². The van der Waals surface area contributed by atoms with Gasteiger partial charge in [-0.2, -0.15) is 4.99 Å². The summed E-state index contributed by atoms with van der Waals surface area (Å²) in [6, 6.07) is 13.3. The van der Waals surface area contributed by atoms with Crippen LogP contribution in [0, 0.1) is 6.92 Å². The molecule has 1 aromatic heterocycles. The van der Waals surface area contributed by atoms with Crippen LogP contribution in [0.1, 0.15) is 15.9 Å². The minimum Gasteiger partial charge on any atom is -0.495 e. The molecule has 0 aliphatic heterocycles. The van der Waals surface area contributed by atoms with Gasteiger partial charge in [0.2, 0.25) is 0 Å². The average Bonchev–Trinajstić information content (AvgIpc) is 2.83. The maximum Gasteiger partial charge on any atom is 0.279 e. The molecule has 1 heterocycles. The van der Waals surface area contributed by atoms with Crippen molar-refractivity contribution in [3.05, 3.63) is 58.4 Å². The van der Waals surface area contributed by atoms with E-state index in [1.807, 2.05) is 54.9 Å². The van der Waals surface area contributed by atoms with E-state index in [0.29, 0.717) is 10.4 Å². The summed E-state index contributed by atoms with van der Waals surface area (Å²) in [6.07, 6.45) is 0. The lowest BCUT2D eigenvalue weighted by Crippen LogP contribution is -2.13. The van der Waals surface area contributed by atoms with E-state index in [-0.39, 0.29) is 5.91 Å². The molecule has 0 atom stereocenters. The summed E-state index contributed by atoms with van der Waals surface area (Å²) in [5.74, 6) is 0.547. The summed E-state index contributed by atoms with van der Waals surface area (Å²) < 4.78 is 8.32. The van der Waals surface area contributed by atoms with Crippen LogP contribution >= 0.6 is 11.3 Å². The van der Waals surface area contributed by atoms with Crippen molar-refractivity contribution >= 4 is 27.5 Å². The van der Waals surface area contributed by atoms with Gasteiger partial charge < -0.3 is 9.30 Å². The van der Waals surface area contributed by atoms with Crippen molar-refractivity contribution in [2.75, 3.05) is 7.11 Å². The Balaban J connectivity index is 2.14. The highest BCUT2D eigenvalue weighted by atomic mass is 32.1. The number of hydrogen-bond donors (Lipinski definition) is 0. The Bertz CT molecular complexity index is 922. The summed E-state index contributed by atoms with van der Waals surface area (Å²) in [4.78, 5) is 17.3. The topological polar surface area (TPSA) is 43.6 Å². The van der Waals surface area contributed by atoms with E-state index in [0.717, 1.165) is 21.5 Å². The van der Waals surface area contributed by atoms with E-state index in [4.69, 9.17) is 4.74 Å². The average molecular weight is 312 g/mol. The fourth-order valence-electron chi connectivity index (χ4n) is 2.37. The number of methoxy groups -OCH3 is 1. The second kappa shape index (κ2) is 5.77. The summed E-state index contributed by atoms with van der Waals surface area (Å²) in [7, 11) is 3.53. The number of amides is 1. The molecular weight excluding hydrogens is 296 g/mol. The second-order valence-corrected chi connectivity index (χ2v) is 6.05. The lowest BCUT2D eigenvalue weighted by atomic mass is 10.1. The van der Waals surface area contributed by atoms with Gasteiger partial charge in [-0.3, -0.25) is 4.79 Å². The smallest absolute Gasteiger partial charge is 0.279 e. The Labute approximate surface area is 132 Å². The molecule has 4 nitrogen and oxygen atoms in total. The third-order valence-corrected chi connectivity index (χ3v) is 4.56. The van der Waals surface area contributed by atoms with Crippen LogP contribution in [0.15, 0.2) is 47.5 Å². The molecule has 5 heteroatoms. The number of rotatable bonds is 2. The highest BCUT2D eigenvalue weighted by Crippen LogP contribution is 2.26. The number of carbonyl (C=O) groups excluding carboxylic acids is 1. The maximum absolute atomic E-state index is 12.3. The van der Waals surface area contributed by atoms with Gasteiger partial charge in [0.25, 0.3) is 5.91 Å². The third kappa shape index (κ3) is 2.55. The van der Waals surface area contributed by atoms with Gasteiger partial charge in [0.15, 0.2) is 4.80 Å². The standard InChI is InChI=1S/C17H16N2O2S/c1-11-6-4-7-12(10-11)16(20)18-17-19(2)15-13(21-3)8-5-9-14(15)22-17/h4-10H,1-3H3. The fraction of sp³-hybridized carbons (Fsp3) is 0.176. The van der Waals surface area contributed by atoms with Crippen molar-refractivity contribution in [1.29, 1.82) is 0 Å². The largest absolute Gasteiger partial charge is 0.495 e. The first kappa shape index (κ1) is 14.5. The van der Waals surface area contributed by atoms with Crippen LogP contribution in [0.25, 0.3) is 10.2 Å². The summed E-state index contributed by atoms with van der Waals surface area (Å²) in [6.45, 7) is 1.96. The van der Waals surface area contributed by atoms with Crippen LogP contribution in [0.4, 0.5) is 0 Å². The van der Waals surface area contributed by atoms with E-state index < -0.39 is 0 Å². The Morgan fingerprint density at radius 1 is 1.23 bits per heavy atom. The van der Waals surface area contributed by atoms with E-state index in [1.54, 1.807) is 13.2 Å². The van der Waals surface area contributed by atoms with Crippen molar-refractivity contribution < 1.29 is 9.53 Å². The molecule has 0 spiro atoms. The van der Waals surface area contributed by atoms with Crippen LogP contribution in [0.5, 0.6) is 5.75 Å². The Kier molecular flexibility index (Phi) is 3.81. The molecule has 0 aliphatic carbocycles. The second-order valence-electron chi connectivity index (χ2n) is 5.04. The monoisotopic (exact) mass is 312 g/mol. The van der Waals surface area contributed by atoms with Crippen molar-refractivity contribution in [1.82, 2.24) is 4.57 Å². The van der Waals surface area contributed by atoms with Crippen LogP contribution in [-0.2, 0) is 7.05 Å². The molecule has 2 aromatic carbocycles. The first-order valence-electron chi connectivity index (χ1n) is 6.88. The van der Waals surface area contributed by atoms with Gasteiger partial charge in [-0.15, -0.1) is 0 Å². The zero-order valence-electron chi connectivity index (χ0n) is 12.7. The number of fused-ring (bicyclic) bond motifs is 1. The van der Waals surface area contributed by atoms with Crippen molar-refractivity contribution in [3.8, 4) is 5.75 Å². The van der Waals surface area contributed by atoms with Crippen LogP contribution in [-0.4, -0.2) is 17.6 Å². The molecule has 0 fully saturated rings. The molecule has 0 unspecified atom stereocenters. The number of ether oxygens (including phenoxy) is 1. The Hall–Kier alpha value is -2.40. The van der Waals surface area contributed by atoms with Gasteiger partial charge in [0.1, 0.15) is 11.3 Å². The lowest BCUT2D eigenvalue weighted by molar-refractivity contribution is 0.0998. The van der Waals surface area contributed by atoms with Gasteiger partial charge in [0.05, 0.1) is 11.8 Å². The molecule has 0 aliphatic rings. The van der Waals surface area contributed by atoms with Gasteiger partial charge in [-0.1, -0.05) is 35.1 Å². The Morgan fingerprint density at radius 2 is 2.00 bits per heavy atom. The number of para-hydroxylation sites is 1. The summed E-state index contributed by atoms with van der Waals surface area (Å²) in [5.41, 5.74) is 2.60. The number of benzene rings is 2. The molecule has 0 bridgehead atoms. The Morgan fingerprint density at radius 3 is 2.73 bits per heavy atom. The molecular formula is C17H16N2O2S. The molecule has 0 N–H and O–H groups in total. The van der Waals surface area contributed by atoms with Crippen molar-refractivity contribution in [2.45, 2.75) is 6.92 Å². The number of carbonyl (C=O) groups is 1. The zero-order chi connectivity index (χ0) is 15.7. The minimum atomic E-state index is -0.232. The number of thiazole rings is 1. The van der Waals surface area contributed by atoms with E-state index >= 15 is 0 Å². The molecule has 112 valence electrons. The molecule has 0 saturated heterocycles. The number of hydrogen-bond acceptors (Lipinski definition) is 3. The zero-order valence-corrected chi connectivity index (χ0v) is 13.5. The maximum atomic E-state index is 12.3. The predicted octanol–water partition coefficient (Wildman–Crippen LogP) is 3.30. The lowest BCUT2D eigenvalue weighted by Gasteiger charge is -2.03. The number of aryl methyl sites for hydroxylation is 2. The molecule has 1 amide bonds. The molecule has 3 aromatic rings. The van der Waals surface area contributed by atoms with Gasteiger partial charge in [0, 0.05) is 12.6 Å². The molecule has 0 saturated carbocycles. The highest BCUT2D eigenvalue weighted by molar-refractivity contribution is 7.16. The minimum absolute atomic E-state index is 0.232. The molecule has 3 rings (SSSR count). The third-order valence-electron chi connectivity index (χ3n) is 3.47.